The number of benzene rings is 1. The first kappa shape index (κ1) is 15.7. The molecule has 1 aliphatic heterocycles. The molecule has 23 heavy (non-hydrogen) atoms. The van der Waals surface area contributed by atoms with E-state index in [1.165, 1.54) is 0 Å². The second kappa shape index (κ2) is 5.45. The Morgan fingerprint density at radius 3 is 1.96 bits per heavy atom. The van der Waals surface area contributed by atoms with Gasteiger partial charge in [-0.25, -0.2) is 9.97 Å². The third-order valence-electron chi connectivity index (χ3n) is 4.47. The van der Waals surface area contributed by atoms with Crippen LogP contribution in [0.2, 0.25) is 0 Å². The Morgan fingerprint density at radius 1 is 0.957 bits per heavy atom. The highest BCUT2D eigenvalue weighted by Crippen LogP contribution is 2.36. The number of rotatable bonds is 2. The number of nitrogens with zero attached hydrogens (tertiary/aromatic N) is 3. The highest BCUT2D eigenvalue weighted by atomic mass is 16.7. The fourth-order valence-corrected chi connectivity index (χ4v) is 2.28. The predicted molar refractivity (Wildman–Crippen MR) is 87.9 cm³/mol. The van der Waals surface area contributed by atoms with Crippen molar-refractivity contribution in [3.63, 3.8) is 0 Å². The highest BCUT2D eigenvalue weighted by molar-refractivity contribution is 6.61. The van der Waals surface area contributed by atoms with E-state index in [0.717, 1.165) is 11.0 Å². The zero-order chi connectivity index (χ0) is 16.7. The molecule has 0 amide bonds. The molecular formula is C17H18BN3O2. The Balaban J connectivity index is 1.81. The molecule has 1 aromatic heterocycles. The molecule has 1 fully saturated rings. The van der Waals surface area contributed by atoms with E-state index >= 15 is 0 Å². The predicted octanol–water partition coefficient (Wildman–Crippen LogP) is 2.31. The minimum atomic E-state index is -0.463. The zero-order valence-electron chi connectivity index (χ0n) is 13.7. The van der Waals surface area contributed by atoms with Crippen LogP contribution in [0, 0.1) is 11.3 Å². The minimum absolute atomic E-state index is 0.385. The quantitative estimate of drug-likeness (QED) is 0.796. The van der Waals surface area contributed by atoms with Gasteiger partial charge >= 0.3 is 7.12 Å². The molecule has 2 aromatic rings. The van der Waals surface area contributed by atoms with Crippen LogP contribution in [-0.4, -0.2) is 28.3 Å². The Hall–Kier alpha value is -2.23. The average molecular weight is 307 g/mol. The lowest BCUT2D eigenvalue weighted by molar-refractivity contribution is 0.00578. The van der Waals surface area contributed by atoms with E-state index in [0.29, 0.717) is 11.4 Å². The Kier molecular flexibility index (Phi) is 3.71. The molecule has 0 aliphatic carbocycles. The zero-order valence-corrected chi connectivity index (χ0v) is 13.7. The summed E-state index contributed by atoms with van der Waals surface area (Å²) in [5.74, 6) is 0.606. The van der Waals surface area contributed by atoms with Crippen LogP contribution >= 0.6 is 0 Å². The van der Waals surface area contributed by atoms with Gasteiger partial charge in [-0.15, -0.1) is 0 Å². The Labute approximate surface area is 136 Å². The molecule has 1 aliphatic rings. The van der Waals surface area contributed by atoms with Crippen molar-refractivity contribution in [3.8, 4) is 17.5 Å². The fraction of sp³-hybridized carbons (Fsp3) is 0.353. The summed E-state index contributed by atoms with van der Waals surface area (Å²) in [4.78, 5) is 8.78. The van der Waals surface area contributed by atoms with E-state index in [1.54, 1.807) is 24.5 Å². The van der Waals surface area contributed by atoms with Gasteiger partial charge in [0.1, 0.15) is 0 Å². The third-order valence-corrected chi connectivity index (χ3v) is 4.47. The van der Waals surface area contributed by atoms with Crippen LogP contribution < -0.4 is 5.46 Å². The summed E-state index contributed by atoms with van der Waals surface area (Å²) in [6.45, 7) is 8.05. The van der Waals surface area contributed by atoms with Crippen LogP contribution in [-0.2, 0) is 9.31 Å². The fourth-order valence-electron chi connectivity index (χ4n) is 2.28. The molecule has 0 bridgehead atoms. The monoisotopic (exact) mass is 307 g/mol. The maximum Gasteiger partial charge on any atom is 0.498 e. The van der Waals surface area contributed by atoms with Crippen LogP contribution in [0.15, 0.2) is 36.7 Å². The Bertz CT molecular complexity index is 733. The van der Waals surface area contributed by atoms with Crippen LogP contribution in [0.5, 0.6) is 0 Å². The maximum absolute atomic E-state index is 8.83. The van der Waals surface area contributed by atoms with Crippen molar-refractivity contribution in [1.82, 2.24) is 9.97 Å². The second-order valence-corrected chi connectivity index (χ2v) is 6.62. The van der Waals surface area contributed by atoms with E-state index in [4.69, 9.17) is 14.6 Å². The van der Waals surface area contributed by atoms with E-state index < -0.39 is 7.12 Å². The van der Waals surface area contributed by atoms with Gasteiger partial charge in [0, 0.05) is 23.4 Å². The van der Waals surface area contributed by atoms with E-state index in [-0.39, 0.29) is 11.2 Å². The van der Waals surface area contributed by atoms with Crippen molar-refractivity contribution in [1.29, 1.82) is 5.26 Å². The van der Waals surface area contributed by atoms with Crippen LogP contribution in [0.1, 0.15) is 33.3 Å². The van der Waals surface area contributed by atoms with Crippen molar-refractivity contribution in [2.75, 3.05) is 0 Å². The van der Waals surface area contributed by atoms with Crippen molar-refractivity contribution < 1.29 is 9.31 Å². The van der Waals surface area contributed by atoms with E-state index in [2.05, 4.69) is 16.0 Å². The summed E-state index contributed by atoms with van der Waals surface area (Å²) in [5, 5.41) is 8.83. The van der Waals surface area contributed by atoms with Gasteiger partial charge in [-0.05, 0) is 52.0 Å². The molecule has 116 valence electrons. The van der Waals surface area contributed by atoms with Crippen molar-refractivity contribution in [3.05, 3.63) is 42.2 Å². The van der Waals surface area contributed by atoms with Gasteiger partial charge in [-0.1, -0.05) is 0 Å². The van der Waals surface area contributed by atoms with Crippen molar-refractivity contribution in [2.24, 2.45) is 0 Å². The molecule has 1 saturated heterocycles. The molecule has 5 nitrogen and oxygen atoms in total. The van der Waals surface area contributed by atoms with Gasteiger partial charge in [-0.2, -0.15) is 5.26 Å². The second-order valence-electron chi connectivity index (χ2n) is 6.62. The lowest BCUT2D eigenvalue weighted by Crippen LogP contribution is -2.41. The molecular weight excluding hydrogens is 289 g/mol. The van der Waals surface area contributed by atoms with Gasteiger partial charge in [0.25, 0.3) is 0 Å². The molecule has 0 atom stereocenters. The molecule has 0 radical (unpaired) electrons. The summed E-state index contributed by atoms with van der Waals surface area (Å²) in [6.07, 6.45) is 3.45. The third kappa shape index (κ3) is 2.86. The first-order valence-electron chi connectivity index (χ1n) is 7.50. The molecule has 1 aromatic carbocycles. The van der Waals surface area contributed by atoms with Gasteiger partial charge in [0.2, 0.25) is 0 Å². The summed E-state index contributed by atoms with van der Waals surface area (Å²) in [5.41, 5.74) is 1.50. The van der Waals surface area contributed by atoms with Gasteiger partial charge in [-0.3, -0.25) is 0 Å². The molecule has 0 spiro atoms. The average Bonchev–Trinajstić information content (AvgIpc) is 2.76. The summed E-state index contributed by atoms with van der Waals surface area (Å²) < 4.78 is 12.0. The van der Waals surface area contributed by atoms with Crippen molar-refractivity contribution in [2.45, 2.75) is 38.9 Å². The standard InChI is InChI=1S/C17H18BN3O2/c1-16(2)17(3,4)23-18(22-16)14-10-20-15(21-11-14)13-7-5-12(9-19)6-8-13/h5-8,10-11H,1-4H3. The van der Waals surface area contributed by atoms with E-state index in [1.807, 2.05) is 39.8 Å². The number of nitriles is 1. The first-order chi connectivity index (χ1) is 10.8. The normalized spacial score (nSPS) is 18.7. The van der Waals surface area contributed by atoms with Gasteiger partial charge in [0.05, 0.1) is 22.8 Å². The van der Waals surface area contributed by atoms with E-state index in [9.17, 15) is 0 Å². The lowest BCUT2D eigenvalue weighted by Gasteiger charge is -2.32. The van der Waals surface area contributed by atoms with Crippen molar-refractivity contribution >= 4 is 12.6 Å². The largest absolute Gasteiger partial charge is 0.498 e. The summed E-state index contributed by atoms with van der Waals surface area (Å²) in [7, 11) is -0.463. The first-order valence-corrected chi connectivity index (χ1v) is 7.50. The molecule has 0 unspecified atom stereocenters. The Morgan fingerprint density at radius 2 is 1.48 bits per heavy atom. The minimum Gasteiger partial charge on any atom is -0.399 e. The van der Waals surface area contributed by atoms with Gasteiger partial charge in [0.15, 0.2) is 5.82 Å². The van der Waals surface area contributed by atoms with Gasteiger partial charge < -0.3 is 9.31 Å². The summed E-state index contributed by atoms with van der Waals surface area (Å²) in [6, 6.07) is 9.27. The van der Waals surface area contributed by atoms with Crippen LogP contribution in [0.25, 0.3) is 11.4 Å². The highest BCUT2D eigenvalue weighted by Gasteiger charge is 2.51. The number of hydrogen-bond donors (Lipinski definition) is 0. The van der Waals surface area contributed by atoms with Crippen LogP contribution in [0.3, 0.4) is 0 Å². The maximum atomic E-state index is 8.83. The SMILES string of the molecule is CC1(C)OB(c2cnc(-c3ccc(C#N)cc3)nc2)OC1(C)C. The molecule has 0 N–H and O–H groups in total. The molecule has 6 heteroatoms. The topological polar surface area (TPSA) is 68.0 Å². The summed E-state index contributed by atoms with van der Waals surface area (Å²) >= 11 is 0. The molecule has 3 rings (SSSR count). The number of aromatic nitrogens is 2. The number of hydrogen-bond acceptors (Lipinski definition) is 5. The smallest absolute Gasteiger partial charge is 0.399 e. The lowest BCUT2D eigenvalue weighted by atomic mass is 9.81. The molecule has 2 heterocycles. The van der Waals surface area contributed by atoms with Crippen LogP contribution in [0.4, 0.5) is 0 Å². The molecule has 0 saturated carbocycles.